The molecule has 138 valence electrons. The third-order valence-electron chi connectivity index (χ3n) is 4.73. The second kappa shape index (κ2) is 7.11. The van der Waals surface area contributed by atoms with Gasteiger partial charge in [0.15, 0.2) is 5.69 Å². The zero-order valence-electron chi connectivity index (χ0n) is 15.1. The molecule has 3 aromatic rings. The lowest BCUT2D eigenvalue weighted by Gasteiger charge is -2.19. The number of rotatable bonds is 3. The van der Waals surface area contributed by atoms with Crippen molar-refractivity contribution < 1.29 is 9.59 Å². The van der Waals surface area contributed by atoms with E-state index in [2.05, 4.69) is 15.4 Å². The summed E-state index contributed by atoms with van der Waals surface area (Å²) in [5, 5.41) is 7.29. The van der Waals surface area contributed by atoms with Crippen LogP contribution in [0.2, 0.25) is 0 Å². The minimum Gasteiger partial charge on any atom is -0.357 e. The van der Waals surface area contributed by atoms with E-state index in [1.807, 2.05) is 48.0 Å². The predicted octanol–water partition coefficient (Wildman–Crippen LogP) is 2.82. The number of aryl methyl sites for hydroxylation is 2. The van der Waals surface area contributed by atoms with Crippen LogP contribution in [0.15, 0.2) is 48.7 Å². The van der Waals surface area contributed by atoms with Crippen LogP contribution in [0.25, 0.3) is 0 Å². The molecule has 4 rings (SSSR count). The maximum Gasteiger partial charge on any atom is 0.276 e. The van der Waals surface area contributed by atoms with Crippen LogP contribution in [0, 0.1) is 6.92 Å². The molecule has 0 radical (unpaired) electrons. The van der Waals surface area contributed by atoms with Crippen molar-refractivity contribution in [3.8, 4) is 0 Å². The fraction of sp³-hybridized carbons (Fsp3) is 0.250. The minimum atomic E-state index is -0.250. The molecule has 0 saturated carbocycles. The van der Waals surface area contributed by atoms with E-state index in [1.54, 1.807) is 17.2 Å². The van der Waals surface area contributed by atoms with E-state index in [1.165, 1.54) is 0 Å². The fourth-order valence-corrected chi connectivity index (χ4v) is 3.30. The van der Waals surface area contributed by atoms with Crippen molar-refractivity contribution in [1.29, 1.82) is 0 Å². The first-order valence-electron chi connectivity index (χ1n) is 8.98. The third-order valence-corrected chi connectivity index (χ3v) is 4.73. The lowest BCUT2D eigenvalue weighted by molar-refractivity contribution is 0.0739. The number of nitrogens with zero attached hydrogens (tertiary/aromatic N) is 3. The van der Waals surface area contributed by atoms with E-state index in [9.17, 15) is 9.59 Å². The summed E-state index contributed by atoms with van der Waals surface area (Å²) in [6.45, 7) is 3.69. The minimum absolute atomic E-state index is 0.0255. The summed E-state index contributed by atoms with van der Waals surface area (Å²) in [4.78, 5) is 30.1. The number of carbonyl (C=O) groups is 2. The van der Waals surface area contributed by atoms with E-state index in [0.29, 0.717) is 31.0 Å². The first-order valence-corrected chi connectivity index (χ1v) is 8.98. The summed E-state index contributed by atoms with van der Waals surface area (Å²) in [6, 6.07) is 12.9. The van der Waals surface area contributed by atoms with Gasteiger partial charge in [-0.1, -0.05) is 18.2 Å². The van der Waals surface area contributed by atoms with Crippen LogP contribution in [-0.2, 0) is 13.1 Å². The number of nitrogens with one attached hydrogen (secondary N) is 2. The lowest BCUT2D eigenvalue weighted by Crippen LogP contribution is -2.31. The van der Waals surface area contributed by atoms with Gasteiger partial charge in [0, 0.05) is 25.0 Å². The summed E-state index contributed by atoms with van der Waals surface area (Å²) < 4.78 is 1.83. The number of carbonyl (C=O) groups excluding carboxylic acids is 2. The van der Waals surface area contributed by atoms with Crippen molar-refractivity contribution in [2.75, 3.05) is 11.9 Å². The highest BCUT2D eigenvalue weighted by atomic mass is 16.2. The van der Waals surface area contributed by atoms with Gasteiger partial charge in [0.2, 0.25) is 0 Å². The number of benzene rings is 1. The Morgan fingerprint density at radius 2 is 1.96 bits per heavy atom. The van der Waals surface area contributed by atoms with E-state index < -0.39 is 0 Å². The molecule has 2 amide bonds. The molecule has 27 heavy (non-hydrogen) atoms. The molecule has 7 nitrogen and oxygen atoms in total. The molecule has 2 N–H and O–H groups in total. The standard InChI is InChI=1S/C20H21N5O2/c1-14-8-9-21-18(14)20(27)24-10-5-11-25-16(13-24)12-17(23-25)19(26)22-15-6-3-2-4-7-15/h2-4,6-9,12,21H,5,10-11,13H2,1H3,(H,22,26). The molecular formula is C20H21N5O2. The SMILES string of the molecule is Cc1cc[nH]c1C(=O)N1CCCn2nc(C(=O)Nc3ccccc3)cc2C1. The summed E-state index contributed by atoms with van der Waals surface area (Å²) in [7, 11) is 0. The van der Waals surface area contributed by atoms with Gasteiger partial charge < -0.3 is 15.2 Å². The van der Waals surface area contributed by atoms with E-state index in [0.717, 1.165) is 23.4 Å². The van der Waals surface area contributed by atoms with Crippen LogP contribution >= 0.6 is 0 Å². The van der Waals surface area contributed by atoms with Crippen LogP contribution in [0.3, 0.4) is 0 Å². The first kappa shape index (κ1) is 17.1. The van der Waals surface area contributed by atoms with Gasteiger partial charge in [-0.3, -0.25) is 14.3 Å². The molecule has 3 heterocycles. The van der Waals surface area contributed by atoms with Gasteiger partial charge in [-0.05, 0) is 43.2 Å². The highest BCUT2D eigenvalue weighted by Gasteiger charge is 2.24. The van der Waals surface area contributed by atoms with Crippen LogP contribution in [0.5, 0.6) is 0 Å². The third kappa shape index (κ3) is 3.48. The first-order chi connectivity index (χ1) is 13.1. The molecule has 0 saturated heterocycles. The number of aromatic amines is 1. The maximum absolute atomic E-state index is 12.8. The van der Waals surface area contributed by atoms with Crippen molar-refractivity contribution in [2.24, 2.45) is 0 Å². The van der Waals surface area contributed by atoms with Crippen LogP contribution in [-0.4, -0.2) is 38.0 Å². The quantitative estimate of drug-likeness (QED) is 0.751. The number of hydrogen-bond donors (Lipinski definition) is 2. The Balaban J connectivity index is 1.52. The molecule has 0 aliphatic carbocycles. The second-order valence-corrected chi connectivity index (χ2v) is 6.68. The van der Waals surface area contributed by atoms with Crippen LogP contribution in [0.4, 0.5) is 5.69 Å². The average Bonchev–Trinajstić information content (AvgIpc) is 3.22. The normalized spacial score (nSPS) is 13.7. The Morgan fingerprint density at radius 1 is 1.15 bits per heavy atom. The molecular weight excluding hydrogens is 342 g/mol. The maximum atomic E-state index is 12.8. The molecule has 0 spiro atoms. The Morgan fingerprint density at radius 3 is 2.70 bits per heavy atom. The van der Waals surface area contributed by atoms with Crippen molar-refractivity contribution in [1.82, 2.24) is 19.7 Å². The Hall–Kier alpha value is -3.35. The molecule has 7 heteroatoms. The monoisotopic (exact) mass is 363 g/mol. The molecule has 0 unspecified atom stereocenters. The van der Waals surface area contributed by atoms with Gasteiger partial charge in [-0.2, -0.15) is 5.10 Å². The number of hydrogen-bond acceptors (Lipinski definition) is 3. The van der Waals surface area contributed by atoms with Crippen molar-refractivity contribution in [3.05, 3.63) is 71.3 Å². The highest BCUT2D eigenvalue weighted by Crippen LogP contribution is 2.18. The molecule has 0 bridgehead atoms. The average molecular weight is 363 g/mol. The largest absolute Gasteiger partial charge is 0.357 e. The van der Waals surface area contributed by atoms with Gasteiger partial charge >= 0.3 is 0 Å². The summed E-state index contributed by atoms with van der Waals surface area (Å²) >= 11 is 0. The Labute approximate surface area is 157 Å². The molecule has 1 aliphatic rings. The van der Waals surface area contributed by atoms with E-state index >= 15 is 0 Å². The van der Waals surface area contributed by atoms with E-state index in [-0.39, 0.29) is 11.8 Å². The second-order valence-electron chi connectivity index (χ2n) is 6.68. The lowest BCUT2D eigenvalue weighted by atomic mass is 10.2. The molecule has 0 atom stereocenters. The van der Waals surface area contributed by atoms with E-state index in [4.69, 9.17) is 0 Å². The summed E-state index contributed by atoms with van der Waals surface area (Å²) in [5.74, 6) is -0.276. The predicted molar refractivity (Wildman–Crippen MR) is 102 cm³/mol. The number of fused-ring (bicyclic) bond motifs is 1. The fourth-order valence-electron chi connectivity index (χ4n) is 3.30. The Bertz CT molecular complexity index is 973. The number of anilines is 1. The van der Waals surface area contributed by atoms with Gasteiger partial charge in [0.25, 0.3) is 11.8 Å². The zero-order chi connectivity index (χ0) is 18.8. The zero-order valence-corrected chi connectivity index (χ0v) is 15.1. The number of H-pyrrole nitrogens is 1. The number of amides is 2. The van der Waals surface area contributed by atoms with Gasteiger partial charge in [0.05, 0.1) is 12.2 Å². The molecule has 1 aliphatic heterocycles. The highest BCUT2D eigenvalue weighted by molar-refractivity contribution is 6.03. The summed E-state index contributed by atoms with van der Waals surface area (Å²) in [5.41, 5.74) is 3.50. The molecule has 0 fully saturated rings. The van der Waals surface area contributed by atoms with Crippen LogP contribution < -0.4 is 5.32 Å². The molecule has 1 aromatic carbocycles. The van der Waals surface area contributed by atoms with Crippen molar-refractivity contribution in [3.63, 3.8) is 0 Å². The van der Waals surface area contributed by atoms with Crippen molar-refractivity contribution in [2.45, 2.75) is 26.4 Å². The van der Waals surface area contributed by atoms with Crippen molar-refractivity contribution >= 4 is 17.5 Å². The Kier molecular flexibility index (Phi) is 4.50. The van der Waals surface area contributed by atoms with Gasteiger partial charge in [0.1, 0.15) is 5.69 Å². The van der Waals surface area contributed by atoms with Crippen LogP contribution in [0.1, 0.15) is 38.7 Å². The smallest absolute Gasteiger partial charge is 0.276 e. The molecule has 2 aromatic heterocycles. The van der Waals surface area contributed by atoms with Gasteiger partial charge in [-0.15, -0.1) is 0 Å². The number of para-hydroxylation sites is 1. The topological polar surface area (TPSA) is 83.0 Å². The number of aromatic nitrogens is 3. The summed E-state index contributed by atoms with van der Waals surface area (Å²) in [6.07, 6.45) is 2.57. The van der Waals surface area contributed by atoms with Gasteiger partial charge in [-0.25, -0.2) is 0 Å².